The summed E-state index contributed by atoms with van der Waals surface area (Å²) in [5.74, 6) is -0.645. The van der Waals surface area contributed by atoms with Gasteiger partial charge in [0.05, 0.1) is 13.1 Å². The second-order valence-corrected chi connectivity index (χ2v) is 7.43. The van der Waals surface area contributed by atoms with Gasteiger partial charge >= 0.3 is 5.97 Å². The van der Waals surface area contributed by atoms with Crippen molar-refractivity contribution in [1.29, 1.82) is 0 Å². The number of nitrogens with one attached hydrogen (secondary N) is 2. The summed E-state index contributed by atoms with van der Waals surface area (Å²) in [6.45, 7) is 2.83. The van der Waals surface area contributed by atoms with Crippen LogP contribution in [0.4, 0.5) is 0 Å². The van der Waals surface area contributed by atoms with E-state index in [1.54, 1.807) is 6.92 Å². The monoisotopic (exact) mass is 423 g/mol. The minimum Gasteiger partial charge on any atom is -0.464 e. The Kier molecular flexibility index (Phi) is 7.78. The van der Waals surface area contributed by atoms with Crippen LogP contribution < -0.4 is 10.6 Å². The number of carbonyl (C=O) groups excluding carboxylic acids is 3. The molecular weight excluding hydrogens is 394 g/mol. The van der Waals surface area contributed by atoms with Gasteiger partial charge in [0.2, 0.25) is 11.8 Å². The van der Waals surface area contributed by atoms with Crippen LogP contribution in [0.25, 0.3) is 11.1 Å². The fourth-order valence-electron chi connectivity index (χ4n) is 3.84. The second kappa shape index (κ2) is 10.7. The SMILES string of the molecule is CCC(=O)N(CCNCC(=O)OCC1c2ccccc2-c2ccccc21)CC(=O)NC. The number of hydrogen-bond acceptors (Lipinski definition) is 5. The third-order valence-electron chi connectivity index (χ3n) is 5.47. The topological polar surface area (TPSA) is 87.7 Å². The molecule has 0 bridgehead atoms. The molecule has 164 valence electrons. The number of benzene rings is 2. The van der Waals surface area contributed by atoms with E-state index >= 15 is 0 Å². The summed E-state index contributed by atoms with van der Waals surface area (Å²) in [7, 11) is 1.53. The lowest BCUT2D eigenvalue weighted by Crippen LogP contribution is -2.43. The molecule has 2 N–H and O–H groups in total. The Morgan fingerprint density at radius 1 is 1.00 bits per heavy atom. The maximum absolute atomic E-state index is 12.3. The van der Waals surface area contributed by atoms with Gasteiger partial charge in [0.15, 0.2) is 0 Å². The van der Waals surface area contributed by atoms with Gasteiger partial charge < -0.3 is 20.3 Å². The third kappa shape index (κ3) is 5.49. The first-order valence-electron chi connectivity index (χ1n) is 10.6. The number of ether oxygens (including phenoxy) is 1. The van der Waals surface area contributed by atoms with Crippen LogP contribution in [-0.2, 0) is 19.1 Å². The van der Waals surface area contributed by atoms with Gasteiger partial charge in [-0.25, -0.2) is 0 Å². The minimum atomic E-state index is -0.346. The zero-order chi connectivity index (χ0) is 22.2. The maximum Gasteiger partial charge on any atom is 0.319 e. The van der Waals surface area contributed by atoms with Gasteiger partial charge in [-0.05, 0) is 22.3 Å². The summed E-state index contributed by atoms with van der Waals surface area (Å²) in [4.78, 5) is 37.3. The van der Waals surface area contributed by atoms with Gasteiger partial charge in [-0.1, -0.05) is 55.5 Å². The molecule has 0 saturated carbocycles. The fraction of sp³-hybridized carbons (Fsp3) is 0.375. The third-order valence-corrected chi connectivity index (χ3v) is 5.47. The number of amides is 2. The molecule has 3 rings (SSSR count). The number of nitrogens with zero attached hydrogens (tertiary/aromatic N) is 1. The number of carbonyl (C=O) groups is 3. The van der Waals surface area contributed by atoms with Gasteiger partial charge in [0, 0.05) is 32.5 Å². The fourth-order valence-corrected chi connectivity index (χ4v) is 3.84. The van der Waals surface area contributed by atoms with Crippen molar-refractivity contribution in [2.45, 2.75) is 19.3 Å². The average molecular weight is 424 g/mol. The van der Waals surface area contributed by atoms with Crippen LogP contribution in [0.15, 0.2) is 48.5 Å². The normalized spacial score (nSPS) is 12.1. The lowest BCUT2D eigenvalue weighted by molar-refractivity contribution is -0.142. The summed E-state index contributed by atoms with van der Waals surface area (Å²) in [6, 6.07) is 16.4. The molecule has 0 saturated heterocycles. The van der Waals surface area contributed by atoms with Crippen molar-refractivity contribution in [2.24, 2.45) is 0 Å². The van der Waals surface area contributed by atoms with Crippen molar-refractivity contribution < 1.29 is 19.1 Å². The number of likely N-dealkylation sites (N-methyl/N-ethyl adjacent to an activating group) is 1. The summed E-state index contributed by atoms with van der Waals surface area (Å²) in [5.41, 5.74) is 4.72. The van der Waals surface area contributed by atoms with E-state index in [1.165, 1.54) is 34.2 Å². The Morgan fingerprint density at radius 3 is 2.19 bits per heavy atom. The molecule has 7 nitrogen and oxygen atoms in total. The van der Waals surface area contributed by atoms with Crippen LogP contribution in [0.1, 0.15) is 30.4 Å². The number of rotatable bonds is 10. The summed E-state index contributed by atoms with van der Waals surface area (Å²) >= 11 is 0. The van der Waals surface area contributed by atoms with E-state index in [0.29, 0.717) is 19.5 Å². The van der Waals surface area contributed by atoms with Crippen LogP contribution in [0, 0.1) is 0 Å². The van der Waals surface area contributed by atoms with Crippen LogP contribution in [-0.4, -0.2) is 62.5 Å². The molecule has 1 aliphatic rings. The molecule has 0 unspecified atom stereocenters. The van der Waals surface area contributed by atoms with E-state index in [0.717, 1.165) is 0 Å². The molecule has 2 aromatic carbocycles. The summed E-state index contributed by atoms with van der Waals surface area (Å²) in [5, 5.41) is 5.51. The van der Waals surface area contributed by atoms with E-state index in [4.69, 9.17) is 4.74 Å². The quantitative estimate of drug-likeness (QED) is 0.450. The highest BCUT2D eigenvalue weighted by Gasteiger charge is 2.28. The van der Waals surface area contributed by atoms with Gasteiger partial charge in [0.1, 0.15) is 6.61 Å². The Bertz CT molecular complexity index is 898. The highest BCUT2D eigenvalue weighted by molar-refractivity contribution is 5.84. The van der Waals surface area contributed by atoms with Crippen molar-refractivity contribution in [2.75, 3.05) is 39.8 Å². The molecule has 0 aromatic heterocycles. The van der Waals surface area contributed by atoms with Crippen LogP contribution >= 0.6 is 0 Å². The lowest BCUT2D eigenvalue weighted by atomic mass is 9.98. The molecule has 31 heavy (non-hydrogen) atoms. The Labute approximate surface area is 182 Å². The van der Waals surface area contributed by atoms with Crippen molar-refractivity contribution in [3.05, 3.63) is 59.7 Å². The average Bonchev–Trinajstić information content (AvgIpc) is 3.12. The molecule has 0 radical (unpaired) electrons. The summed E-state index contributed by atoms with van der Waals surface area (Å²) in [6.07, 6.45) is 0.323. The predicted octanol–water partition coefficient (Wildman–Crippen LogP) is 1.92. The highest BCUT2D eigenvalue weighted by Crippen LogP contribution is 2.44. The Morgan fingerprint density at radius 2 is 1.61 bits per heavy atom. The Hall–Kier alpha value is -3.19. The van der Waals surface area contributed by atoms with Crippen molar-refractivity contribution >= 4 is 17.8 Å². The number of esters is 1. The first kappa shape index (κ1) is 22.5. The van der Waals surface area contributed by atoms with E-state index in [9.17, 15) is 14.4 Å². The number of fused-ring (bicyclic) bond motifs is 3. The zero-order valence-electron chi connectivity index (χ0n) is 18.0. The van der Waals surface area contributed by atoms with Crippen LogP contribution in [0.2, 0.25) is 0 Å². The van der Waals surface area contributed by atoms with Gasteiger partial charge in [-0.15, -0.1) is 0 Å². The molecule has 2 amide bonds. The van der Waals surface area contributed by atoms with Crippen molar-refractivity contribution in [1.82, 2.24) is 15.5 Å². The summed E-state index contributed by atoms with van der Waals surface area (Å²) < 4.78 is 5.55. The van der Waals surface area contributed by atoms with Crippen LogP contribution in [0.5, 0.6) is 0 Å². The zero-order valence-corrected chi connectivity index (χ0v) is 18.0. The van der Waals surface area contributed by atoms with E-state index in [1.807, 2.05) is 24.3 Å². The predicted molar refractivity (Wildman–Crippen MR) is 118 cm³/mol. The van der Waals surface area contributed by atoms with E-state index in [2.05, 4.69) is 34.9 Å². The number of hydrogen-bond donors (Lipinski definition) is 2. The first-order chi connectivity index (χ1) is 15.0. The first-order valence-corrected chi connectivity index (χ1v) is 10.6. The molecule has 0 atom stereocenters. The molecule has 0 fully saturated rings. The van der Waals surface area contributed by atoms with Crippen molar-refractivity contribution in [3.8, 4) is 11.1 Å². The Balaban J connectivity index is 1.48. The standard InChI is InChI=1S/C24H29N3O4/c1-3-23(29)27(15-22(28)25-2)13-12-26-14-24(30)31-16-21-19-10-6-4-8-17(19)18-9-5-7-11-20(18)21/h4-11,21,26H,3,12-16H2,1-2H3,(H,25,28). The molecule has 0 spiro atoms. The highest BCUT2D eigenvalue weighted by atomic mass is 16.5. The smallest absolute Gasteiger partial charge is 0.319 e. The lowest BCUT2D eigenvalue weighted by Gasteiger charge is -2.21. The molecule has 2 aromatic rings. The molecular formula is C24H29N3O4. The van der Waals surface area contributed by atoms with Gasteiger partial charge in [0.25, 0.3) is 0 Å². The van der Waals surface area contributed by atoms with E-state index < -0.39 is 0 Å². The largest absolute Gasteiger partial charge is 0.464 e. The second-order valence-electron chi connectivity index (χ2n) is 7.43. The van der Waals surface area contributed by atoms with Gasteiger partial charge in [-0.2, -0.15) is 0 Å². The van der Waals surface area contributed by atoms with Crippen molar-refractivity contribution in [3.63, 3.8) is 0 Å². The maximum atomic E-state index is 12.3. The molecule has 7 heteroatoms. The molecule has 0 aliphatic heterocycles. The molecule has 1 aliphatic carbocycles. The van der Waals surface area contributed by atoms with Gasteiger partial charge in [-0.3, -0.25) is 14.4 Å². The molecule has 0 heterocycles. The minimum absolute atomic E-state index is 0.00972. The van der Waals surface area contributed by atoms with Crippen LogP contribution in [0.3, 0.4) is 0 Å². The van der Waals surface area contributed by atoms with E-state index in [-0.39, 0.29) is 43.4 Å².